The minimum absolute atomic E-state index is 0.0319. The largest absolute Gasteiger partial charge is 0.383 e. The first-order chi connectivity index (χ1) is 8.31. The standard InChI is InChI=1S/C12H22N2O3/c1-16-9-11(10-3-4-10)13-12(15)14-5-2-7-17-8-6-14/h10-11H,2-9H2,1H3,(H,13,15). The summed E-state index contributed by atoms with van der Waals surface area (Å²) in [5.41, 5.74) is 0. The highest BCUT2D eigenvalue weighted by Crippen LogP contribution is 2.32. The molecular formula is C12H22N2O3. The molecule has 0 radical (unpaired) electrons. The van der Waals surface area contributed by atoms with Crippen LogP contribution >= 0.6 is 0 Å². The van der Waals surface area contributed by atoms with Gasteiger partial charge in [0.05, 0.1) is 19.3 Å². The van der Waals surface area contributed by atoms with E-state index < -0.39 is 0 Å². The van der Waals surface area contributed by atoms with E-state index in [1.807, 2.05) is 4.90 Å². The van der Waals surface area contributed by atoms with Crippen molar-refractivity contribution in [3.8, 4) is 0 Å². The Kier molecular flexibility index (Phi) is 4.62. The van der Waals surface area contributed by atoms with Gasteiger partial charge in [0.2, 0.25) is 0 Å². The number of carbonyl (C=O) groups is 1. The van der Waals surface area contributed by atoms with Crippen molar-refractivity contribution in [3.05, 3.63) is 0 Å². The summed E-state index contributed by atoms with van der Waals surface area (Å²) < 4.78 is 10.5. The molecule has 1 aliphatic carbocycles. The second-order valence-electron chi connectivity index (χ2n) is 4.80. The molecule has 0 aromatic rings. The molecular weight excluding hydrogens is 220 g/mol. The van der Waals surface area contributed by atoms with Gasteiger partial charge in [0.25, 0.3) is 0 Å². The van der Waals surface area contributed by atoms with Crippen LogP contribution in [0, 0.1) is 5.92 Å². The van der Waals surface area contributed by atoms with Gasteiger partial charge in [-0.05, 0) is 25.2 Å². The van der Waals surface area contributed by atoms with E-state index in [-0.39, 0.29) is 12.1 Å². The normalized spacial score (nSPS) is 23.0. The third kappa shape index (κ3) is 3.85. The lowest BCUT2D eigenvalue weighted by Gasteiger charge is -2.24. The third-order valence-electron chi connectivity index (χ3n) is 3.36. The second-order valence-corrected chi connectivity index (χ2v) is 4.80. The first kappa shape index (κ1) is 12.6. The average molecular weight is 242 g/mol. The summed E-state index contributed by atoms with van der Waals surface area (Å²) in [6.07, 6.45) is 3.33. The zero-order valence-electron chi connectivity index (χ0n) is 10.5. The number of hydrogen-bond donors (Lipinski definition) is 1. The van der Waals surface area contributed by atoms with Crippen molar-refractivity contribution in [1.29, 1.82) is 0 Å². The van der Waals surface area contributed by atoms with Crippen molar-refractivity contribution in [2.45, 2.75) is 25.3 Å². The molecule has 1 N–H and O–H groups in total. The number of carbonyl (C=O) groups excluding carboxylic acids is 1. The number of nitrogens with zero attached hydrogens (tertiary/aromatic N) is 1. The van der Waals surface area contributed by atoms with Gasteiger partial charge < -0.3 is 19.7 Å². The lowest BCUT2D eigenvalue weighted by molar-refractivity contribution is 0.135. The molecule has 0 aromatic heterocycles. The zero-order valence-corrected chi connectivity index (χ0v) is 10.5. The fourth-order valence-corrected chi connectivity index (χ4v) is 2.17. The van der Waals surface area contributed by atoms with Crippen molar-refractivity contribution in [2.24, 2.45) is 5.92 Å². The van der Waals surface area contributed by atoms with Gasteiger partial charge in [0.1, 0.15) is 0 Å². The van der Waals surface area contributed by atoms with Gasteiger partial charge in [-0.2, -0.15) is 0 Å². The van der Waals surface area contributed by atoms with Crippen LogP contribution < -0.4 is 5.32 Å². The maximum atomic E-state index is 12.1. The van der Waals surface area contributed by atoms with Crippen molar-refractivity contribution in [2.75, 3.05) is 40.0 Å². The highest BCUT2D eigenvalue weighted by Gasteiger charge is 2.33. The van der Waals surface area contributed by atoms with Crippen molar-refractivity contribution < 1.29 is 14.3 Å². The first-order valence-corrected chi connectivity index (χ1v) is 6.43. The highest BCUT2D eigenvalue weighted by molar-refractivity contribution is 5.74. The monoisotopic (exact) mass is 242 g/mol. The van der Waals surface area contributed by atoms with Gasteiger partial charge >= 0.3 is 6.03 Å². The summed E-state index contributed by atoms with van der Waals surface area (Å²) in [6, 6.07) is 0.209. The lowest BCUT2D eigenvalue weighted by atomic mass is 10.2. The van der Waals surface area contributed by atoms with Crippen LogP contribution in [0.4, 0.5) is 4.79 Å². The van der Waals surface area contributed by atoms with E-state index in [4.69, 9.17) is 9.47 Å². The summed E-state index contributed by atoms with van der Waals surface area (Å²) in [5, 5.41) is 3.08. The average Bonchev–Trinajstić information content (AvgIpc) is 3.15. The number of rotatable bonds is 4. The molecule has 0 bridgehead atoms. The van der Waals surface area contributed by atoms with Gasteiger partial charge in [0.15, 0.2) is 0 Å². The Balaban J connectivity index is 1.80. The summed E-state index contributed by atoms with van der Waals surface area (Å²) in [4.78, 5) is 13.9. The summed E-state index contributed by atoms with van der Waals surface area (Å²) in [6.45, 7) is 3.49. The molecule has 0 spiro atoms. The Morgan fingerprint density at radius 2 is 2.29 bits per heavy atom. The molecule has 1 saturated carbocycles. The SMILES string of the molecule is COCC(NC(=O)N1CCCOCC1)C1CC1. The molecule has 1 atom stereocenters. The topological polar surface area (TPSA) is 50.8 Å². The lowest BCUT2D eigenvalue weighted by Crippen LogP contribution is -2.48. The third-order valence-corrected chi connectivity index (χ3v) is 3.36. The molecule has 5 nitrogen and oxygen atoms in total. The Bertz CT molecular complexity index is 248. The second kappa shape index (κ2) is 6.21. The van der Waals surface area contributed by atoms with Crippen LogP contribution in [-0.2, 0) is 9.47 Å². The van der Waals surface area contributed by atoms with E-state index in [1.165, 1.54) is 12.8 Å². The molecule has 0 aromatic carbocycles. The van der Waals surface area contributed by atoms with Crippen LogP contribution in [0.2, 0.25) is 0 Å². The molecule has 2 fully saturated rings. The van der Waals surface area contributed by atoms with Crippen LogP contribution in [0.5, 0.6) is 0 Å². The van der Waals surface area contributed by atoms with E-state index in [0.29, 0.717) is 25.7 Å². The molecule has 1 aliphatic heterocycles. The Morgan fingerprint density at radius 1 is 1.47 bits per heavy atom. The van der Waals surface area contributed by atoms with Crippen LogP contribution in [0.15, 0.2) is 0 Å². The number of urea groups is 1. The van der Waals surface area contributed by atoms with E-state index >= 15 is 0 Å². The van der Waals surface area contributed by atoms with E-state index in [9.17, 15) is 4.79 Å². The van der Waals surface area contributed by atoms with Crippen molar-refractivity contribution in [1.82, 2.24) is 10.2 Å². The van der Waals surface area contributed by atoms with Crippen LogP contribution in [-0.4, -0.2) is 57.0 Å². The Labute approximate surface area is 102 Å². The number of nitrogens with one attached hydrogen (secondary N) is 1. The molecule has 17 heavy (non-hydrogen) atoms. The molecule has 98 valence electrons. The minimum atomic E-state index is 0.0319. The van der Waals surface area contributed by atoms with Crippen LogP contribution in [0.25, 0.3) is 0 Å². The van der Waals surface area contributed by atoms with Crippen LogP contribution in [0.1, 0.15) is 19.3 Å². The van der Waals surface area contributed by atoms with E-state index in [2.05, 4.69) is 5.32 Å². The molecule has 1 heterocycles. The molecule has 5 heteroatoms. The Hall–Kier alpha value is -0.810. The van der Waals surface area contributed by atoms with Gasteiger partial charge in [-0.15, -0.1) is 0 Å². The predicted octanol–water partition coefficient (Wildman–Crippen LogP) is 0.843. The fourth-order valence-electron chi connectivity index (χ4n) is 2.17. The smallest absolute Gasteiger partial charge is 0.317 e. The fraction of sp³-hybridized carbons (Fsp3) is 0.917. The number of ether oxygens (including phenoxy) is 2. The maximum Gasteiger partial charge on any atom is 0.317 e. The Morgan fingerprint density at radius 3 is 3.00 bits per heavy atom. The van der Waals surface area contributed by atoms with Gasteiger partial charge in [0, 0.05) is 26.8 Å². The molecule has 2 amide bonds. The van der Waals surface area contributed by atoms with Crippen molar-refractivity contribution >= 4 is 6.03 Å². The molecule has 1 saturated heterocycles. The van der Waals surface area contributed by atoms with Crippen LogP contribution in [0.3, 0.4) is 0 Å². The maximum absolute atomic E-state index is 12.1. The van der Waals surface area contributed by atoms with E-state index in [0.717, 1.165) is 19.6 Å². The zero-order chi connectivity index (χ0) is 12.1. The van der Waals surface area contributed by atoms with Gasteiger partial charge in [-0.25, -0.2) is 4.79 Å². The summed E-state index contributed by atoms with van der Waals surface area (Å²) in [7, 11) is 1.68. The summed E-state index contributed by atoms with van der Waals surface area (Å²) >= 11 is 0. The highest BCUT2D eigenvalue weighted by atomic mass is 16.5. The molecule has 2 aliphatic rings. The summed E-state index contributed by atoms with van der Waals surface area (Å²) in [5.74, 6) is 0.613. The van der Waals surface area contributed by atoms with Crippen molar-refractivity contribution in [3.63, 3.8) is 0 Å². The van der Waals surface area contributed by atoms with E-state index in [1.54, 1.807) is 7.11 Å². The molecule has 2 rings (SSSR count). The molecule has 1 unspecified atom stereocenters. The minimum Gasteiger partial charge on any atom is -0.383 e. The number of methoxy groups -OCH3 is 1. The predicted molar refractivity (Wildman–Crippen MR) is 63.9 cm³/mol. The first-order valence-electron chi connectivity index (χ1n) is 6.43. The number of hydrogen-bond acceptors (Lipinski definition) is 3. The van der Waals surface area contributed by atoms with Gasteiger partial charge in [-0.3, -0.25) is 0 Å². The number of amides is 2. The van der Waals surface area contributed by atoms with Gasteiger partial charge in [-0.1, -0.05) is 0 Å². The quantitative estimate of drug-likeness (QED) is 0.795.